The Balaban J connectivity index is 1.68. The monoisotopic (exact) mass is 475 g/mol. The van der Waals surface area contributed by atoms with E-state index in [1.165, 1.54) is 6.33 Å². The van der Waals surface area contributed by atoms with Crippen LogP contribution < -0.4 is 15.8 Å². The van der Waals surface area contributed by atoms with Crippen LogP contribution in [0.25, 0.3) is 10.9 Å². The van der Waals surface area contributed by atoms with Gasteiger partial charge in [0.1, 0.15) is 17.5 Å². The van der Waals surface area contributed by atoms with Gasteiger partial charge >= 0.3 is 0 Å². The highest BCUT2D eigenvalue weighted by atomic mass is 79.9. The summed E-state index contributed by atoms with van der Waals surface area (Å²) in [6, 6.07) is 12.6. The van der Waals surface area contributed by atoms with Crippen LogP contribution in [0.4, 0.5) is 17.2 Å². The number of benzene rings is 2. The highest BCUT2D eigenvalue weighted by Gasteiger charge is 2.14. The Morgan fingerprint density at radius 1 is 1.00 bits per heavy atom. The fourth-order valence-corrected chi connectivity index (χ4v) is 3.32. The largest absolute Gasteiger partial charge is 0.435 e. The Morgan fingerprint density at radius 2 is 1.86 bits per heavy atom. The van der Waals surface area contributed by atoms with Gasteiger partial charge in [-0.25, -0.2) is 4.98 Å². The van der Waals surface area contributed by atoms with Crippen molar-refractivity contribution in [2.75, 3.05) is 11.1 Å². The molecule has 0 saturated heterocycles. The zero-order chi connectivity index (χ0) is 19.7. The molecule has 0 amide bonds. The first-order chi connectivity index (χ1) is 13.5. The van der Waals surface area contributed by atoms with Gasteiger partial charge < -0.3 is 15.8 Å². The van der Waals surface area contributed by atoms with Gasteiger partial charge in [-0.3, -0.25) is 4.98 Å². The van der Waals surface area contributed by atoms with E-state index in [-0.39, 0.29) is 11.6 Å². The SMILES string of the molecule is Nc1c(Nc2ccc(Cl)c(Cl)c2)ncnc1Oc1ccc(Br)c2cccnc12. The molecule has 0 aliphatic rings. The molecule has 28 heavy (non-hydrogen) atoms. The lowest BCUT2D eigenvalue weighted by molar-refractivity contribution is 0.469. The lowest BCUT2D eigenvalue weighted by Gasteiger charge is -2.13. The summed E-state index contributed by atoms with van der Waals surface area (Å²) in [5.74, 6) is 1.13. The predicted octanol–water partition coefficient (Wildman–Crippen LogP) is 6.21. The minimum absolute atomic E-state index is 0.215. The molecule has 4 rings (SSSR count). The van der Waals surface area contributed by atoms with Crippen molar-refractivity contribution < 1.29 is 4.74 Å². The van der Waals surface area contributed by atoms with E-state index >= 15 is 0 Å². The number of pyridine rings is 1. The molecular weight excluding hydrogens is 465 g/mol. The number of ether oxygens (including phenoxy) is 1. The number of nitrogens with two attached hydrogens (primary N) is 1. The van der Waals surface area contributed by atoms with Crippen LogP contribution in [-0.4, -0.2) is 15.0 Å². The van der Waals surface area contributed by atoms with Gasteiger partial charge in [-0.1, -0.05) is 45.2 Å². The summed E-state index contributed by atoms with van der Waals surface area (Å²) in [7, 11) is 0. The third-order valence-electron chi connectivity index (χ3n) is 3.92. The van der Waals surface area contributed by atoms with Crippen LogP contribution in [0.2, 0.25) is 10.0 Å². The van der Waals surface area contributed by atoms with Crippen molar-refractivity contribution in [3.63, 3.8) is 0 Å². The molecular formula is C19H12BrCl2N5O. The number of halogens is 3. The Morgan fingerprint density at radius 3 is 2.68 bits per heavy atom. The molecule has 9 heteroatoms. The van der Waals surface area contributed by atoms with Crippen LogP contribution in [0.3, 0.4) is 0 Å². The summed E-state index contributed by atoms with van der Waals surface area (Å²) in [6.45, 7) is 0. The summed E-state index contributed by atoms with van der Waals surface area (Å²) >= 11 is 15.5. The van der Waals surface area contributed by atoms with Crippen molar-refractivity contribution >= 4 is 67.2 Å². The van der Waals surface area contributed by atoms with Gasteiger partial charge in [0, 0.05) is 21.7 Å². The molecule has 0 radical (unpaired) electrons. The van der Waals surface area contributed by atoms with Crippen LogP contribution >= 0.6 is 39.1 Å². The molecule has 2 heterocycles. The van der Waals surface area contributed by atoms with Gasteiger partial charge in [-0.15, -0.1) is 0 Å². The van der Waals surface area contributed by atoms with Crippen LogP contribution in [0.15, 0.2) is 59.5 Å². The first-order valence-electron chi connectivity index (χ1n) is 8.06. The molecule has 0 aliphatic carbocycles. The van der Waals surface area contributed by atoms with Gasteiger partial charge in [0.15, 0.2) is 11.6 Å². The van der Waals surface area contributed by atoms with Crippen molar-refractivity contribution in [1.82, 2.24) is 15.0 Å². The predicted molar refractivity (Wildman–Crippen MR) is 116 cm³/mol. The number of aromatic nitrogens is 3. The molecule has 140 valence electrons. The van der Waals surface area contributed by atoms with Crippen LogP contribution in [0.5, 0.6) is 11.6 Å². The number of hydrogen-bond acceptors (Lipinski definition) is 6. The molecule has 0 saturated carbocycles. The molecule has 2 aromatic heterocycles. The number of nitrogen functional groups attached to an aromatic ring is 1. The molecule has 3 N–H and O–H groups in total. The van der Waals surface area contributed by atoms with Crippen molar-refractivity contribution in [2.45, 2.75) is 0 Å². The van der Waals surface area contributed by atoms with E-state index in [4.69, 9.17) is 33.7 Å². The molecule has 0 fully saturated rings. The first kappa shape index (κ1) is 18.7. The fourth-order valence-electron chi connectivity index (χ4n) is 2.57. The van der Waals surface area contributed by atoms with Crippen molar-refractivity contribution in [2.24, 2.45) is 0 Å². The molecule has 2 aromatic carbocycles. The Kier molecular flexibility index (Phi) is 5.21. The smallest absolute Gasteiger partial charge is 0.248 e. The second-order valence-electron chi connectivity index (χ2n) is 5.74. The molecule has 0 unspecified atom stereocenters. The second-order valence-corrected chi connectivity index (χ2v) is 7.41. The van der Waals surface area contributed by atoms with E-state index in [1.807, 2.05) is 18.2 Å². The first-order valence-corrected chi connectivity index (χ1v) is 9.61. The van der Waals surface area contributed by atoms with Crippen LogP contribution in [0.1, 0.15) is 0 Å². The van der Waals surface area contributed by atoms with Crippen molar-refractivity contribution in [3.05, 3.63) is 69.5 Å². The number of rotatable bonds is 4. The van der Waals surface area contributed by atoms with Gasteiger partial charge in [0.2, 0.25) is 5.88 Å². The Labute approximate surface area is 178 Å². The van der Waals surface area contributed by atoms with Crippen LogP contribution in [0, 0.1) is 0 Å². The van der Waals surface area contributed by atoms with Gasteiger partial charge in [-0.2, -0.15) is 4.98 Å². The van der Waals surface area contributed by atoms with Gasteiger partial charge in [-0.05, 0) is 36.4 Å². The lowest BCUT2D eigenvalue weighted by Crippen LogP contribution is -2.03. The number of nitrogens with zero attached hydrogens (tertiary/aromatic N) is 3. The number of fused-ring (bicyclic) bond motifs is 1. The second kappa shape index (κ2) is 7.79. The number of nitrogens with one attached hydrogen (secondary N) is 1. The topological polar surface area (TPSA) is 86.0 Å². The number of anilines is 3. The summed E-state index contributed by atoms with van der Waals surface area (Å²) in [5, 5.41) is 4.89. The quantitative estimate of drug-likeness (QED) is 0.364. The summed E-state index contributed by atoms with van der Waals surface area (Å²) in [6.07, 6.45) is 3.06. The van der Waals surface area contributed by atoms with Gasteiger partial charge in [0.25, 0.3) is 0 Å². The minimum atomic E-state index is 0.215. The van der Waals surface area contributed by atoms with Crippen LogP contribution in [-0.2, 0) is 0 Å². The molecule has 0 spiro atoms. The molecule has 0 aliphatic heterocycles. The van der Waals surface area contributed by atoms with E-state index in [1.54, 1.807) is 30.5 Å². The third-order valence-corrected chi connectivity index (χ3v) is 5.35. The summed E-state index contributed by atoms with van der Waals surface area (Å²) in [4.78, 5) is 12.7. The van der Waals surface area contributed by atoms with Crippen molar-refractivity contribution in [1.29, 1.82) is 0 Å². The maximum Gasteiger partial charge on any atom is 0.248 e. The van der Waals surface area contributed by atoms with Gasteiger partial charge in [0.05, 0.1) is 10.0 Å². The zero-order valence-corrected chi connectivity index (χ0v) is 17.3. The van der Waals surface area contributed by atoms with E-state index in [9.17, 15) is 0 Å². The molecule has 4 aromatic rings. The average molecular weight is 477 g/mol. The van der Waals surface area contributed by atoms with Crippen molar-refractivity contribution in [3.8, 4) is 11.6 Å². The molecule has 6 nitrogen and oxygen atoms in total. The maximum atomic E-state index is 6.22. The summed E-state index contributed by atoms with van der Waals surface area (Å²) in [5.41, 5.74) is 7.84. The third kappa shape index (κ3) is 3.69. The highest BCUT2D eigenvalue weighted by molar-refractivity contribution is 9.10. The average Bonchev–Trinajstić information content (AvgIpc) is 2.70. The minimum Gasteiger partial charge on any atom is -0.435 e. The maximum absolute atomic E-state index is 6.22. The number of hydrogen-bond donors (Lipinski definition) is 2. The van der Waals surface area contributed by atoms with E-state index < -0.39 is 0 Å². The Hall–Kier alpha value is -2.61. The van der Waals surface area contributed by atoms with E-state index in [0.29, 0.717) is 32.8 Å². The Bertz CT molecular complexity index is 1190. The zero-order valence-electron chi connectivity index (χ0n) is 14.2. The highest BCUT2D eigenvalue weighted by Crippen LogP contribution is 2.36. The normalized spacial score (nSPS) is 10.8. The lowest BCUT2D eigenvalue weighted by atomic mass is 10.2. The summed E-state index contributed by atoms with van der Waals surface area (Å²) < 4.78 is 6.87. The standard InChI is InChI=1S/C19H12BrCl2N5O/c20-12-4-6-15(17-11(12)2-1-7-24-17)28-19-16(23)18(25-9-26-19)27-10-3-5-13(21)14(22)8-10/h1-9H,23H2,(H,25,26,27). The van der Waals surface area contributed by atoms with E-state index in [2.05, 4.69) is 36.2 Å². The molecule has 0 atom stereocenters. The molecule has 0 bridgehead atoms. The van der Waals surface area contributed by atoms with E-state index in [0.717, 1.165) is 9.86 Å². The fraction of sp³-hybridized carbons (Fsp3) is 0.